The summed E-state index contributed by atoms with van der Waals surface area (Å²) in [6, 6.07) is 11.1. The highest BCUT2D eigenvalue weighted by Gasteiger charge is 2.18. The number of amides is 1. The molecule has 0 fully saturated rings. The van der Waals surface area contributed by atoms with Crippen LogP contribution in [0.15, 0.2) is 60.2 Å². The van der Waals surface area contributed by atoms with Crippen LogP contribution in [-0.2, 0) is 0 Å². The largest absolute Gasteiger partial charge is 0.490 e. The Hall–Kier alpha value is -3.81. The highest BCUT2D eigenvalue weighted by molar-refractivity contribution is 6.01. The van der Waals surface area contributed by atoms with E-state index < -0.39 is 0 Å². The minimum Gasteiger partial charge on any atom is -0.490 e. The fraction of sp³-hybridized carbons (Fsp3) is 0.292. The molecule has 1 N–H and O–H groups in total. The van der Waals surface area contributed by atoms with Gasteiger partial charge in [0.15, 0.2) is 11.5 Å². The molecule has 0 unspecified atom stereocenters. The van der Waals surface area contributed by atoms with Gasteiger partial charge in [-0.25, -0.2) is 10.4 Å². The summed E-state index contributed by atoms with van der Waals surface area (Å²) in [7, 11) is 0. The Kier molecular flexibility index (Phi) is 7.85. The quantitative estimate of drug-likeness (QED) is 0.380. The zero-order chi connectivity index (χ0) is 22.9. The van der Waals surface area contributed by atoms with Crippen molar-refractivity contribution >= 4 is 11.6 Å². The van der Waals surface area contributed by atoms with E-state index in [0.29, 0.717) is 48.3 Å². The van der Waals surface area contributed by atoms with E-state index >= 15 is 0 Å². The van der Waals surface area contributed by atoms with E-state index in [4.69, 9.17) is 14.2 Å². The standard InChI is InChI=1S/C24H28N4O4/c1-5-30-21-14-19(15-22(31-6-2)23(21)32-7-3)24(29)27-26-17(4)18-8-10-20(11-9-18)28-13-12-25-16-28/h8-16H,5-7H2,1-4H3,(H,27,29)/b26-17-. The summed E-state index contributed by atoms with van der Waals surface area (Å²) in [6.45, 7) is 8.78. The lowest BCUT2D eigenvalue weighted by Crippen LogP contribution is -2.20. The molecule has 1 aromatic heterocycles. The first-order valence-electron chi connectivity index (χ1n) is 10.6. The number of nitrogens with one attached hydrogen (secondary N) is 1. The number of hydrogen-bond donors (Lipinski definition) is 1. The summed E-state index contributed by atoms with van der Waals surface area (Å²) in [5, 5.41) is 4.26. The molecule has 0 atom stereocenters. The molecule has 0 aliphatic carbocycles. The molecule has 0 saturated heterocycles. The van der Waals surface area contributed by atoms with Gasteiger partial charge in [0.05, 0.1) is 31.9 Å². The van der Waals surface area contributed by atoms with Gasteiger partial charge in [0, 0.05) is 23.6 Å². The van der Waals surface area contributed by atoms with E-state index in [-0.39, 0.29) is 5.91 Å². The van der Waals surface area contributed by atoms with Crippen molar-refractivity contribution in [3.8, 4) is 22.9 Å². The Bertz CT molecular complexity index is 1030. The van der Waals surface area contributed by atoms with Crippen LogP contribution in [0.3, 0.4) is 0 Å². The van der Waals surface area contributed by atoms with Gasteiger partial charge >= 0.3 is 0 Å². The Balaban J connectivity index is 1.78. The van der Waals surface area contributed by atoms with Crippen LogP contribution in [0.2, 0.25) is 0 Å². The van der Waals surface area contributed by atoms with E-state index in [2.05, 4.69) is 15.5 Å². The van der Waals surface area contributed by atoms with E-state index in [1.165, 1.54) is 0 Å². The summed E-state index contributed by atoms with van der Waals surface area (Å²) in [5.41, 5.74) is 5.54. The van der Waals surface area contributed by atoms with Crippen LogP contribution in [0.5, 0.6) is 17.2 Å². The number of rotatable bonds is 10. The van der Waals surface area contributed by atoms with Crippen molar-refractivity contribution in [2.24, 2.45) is 5.10 Å². The number of nitrogens with zero attached hydrogens (tertiary/aromatic N) is 3. The molecule has 1 heterocycles. The first-order valence-corrected chi connectivity index (χ1v) is 10.6. The van der Waals surface area contributed by atoms with Gasteiger partial charge in [-0.05, 0) is 57.5 Å². The smallest absolute Gasteiger partial charge is 0.271 e. The van der Waals surface area contributed by atoms with E-state index in [0.717, 1.165) is 11.3 Å². The van der Waals surface area contributed by atoms with Gasteiger partial charge < -0.3 is 18.8 Å². The highest BCUT2D eigenvalue weighted by atomic mass is 16.5. The lowest BCUT2D eigenvalue weighted by molar-refractivity contribution is 0.0953. The summed E-state index contributed by atoms with van der Waals surface area (Å²) in [4.78, 5) is 16.8. The number of benzene rings is 2. The third-order valence-electron chi connectivity index (χ3n) is 4.58. The fourth-order valence-electron chi connectivity index (χ4n) is 3.07. The average Bonchev–Trinajstić information content (AvgIpc) is 3.34. The molecular formula is C24H28N4O4. The van der Waals surface area contributed by atoms with Crippen molar-refractivity contribution in [3.63, 3.8) is 0 Å². The minimum absolute atomic E-state index is 0.368. The van der Waals surface area contributed by atoms with Crippen LogP contribution in [0.1, 0.15) is 43.6 Å². The van der Waals surface area contributed by atoms with Crippen molar-refractivity contribution in [1.29, 1.82) is 0 Å². The van der Waals surface area contributed by atoms with Crippen molar-refractivity contribution in [1.82, 2.24) is 15.0 Å². The average molecular weight is 437 g/mol. The monoisotopic (exact) mass is 436 g/mol. The molecule has 0 aliphatic heterocycles. The first kappa shape index (κ1) is 22.9. The maximum Gasteiger partial charge on any atom is 0.271 e. The van der Waals surface area contributed by atoms with Crippen LogP contribution in [0, 0.1) is 0 Å². The van der Waals surface area contributed by atoms with Crippen LogP contribution < -0.4 is 19.6 Å². The molecule has 32 heavy (non-hydrogen) atoms. The molecule has 168 valence electrons. The number of hydrazone groups is 1. The van der Waals surface area contributed by atoms with Crippen molar-refractivity contribution < 1.29 is 19.0 Å². The van der Waals surface area contributed by atoms with Crippen molar-refractivity contribution in [2.75, 3.05) is 19.8 Å². The summed E-state index contributed by atoms with van der Waals surface area (Å²) < 4.78 is 19.0. The van der Waals surface area contributed by atoms with Gasteiger partial charge in [0.2, 0.25) is 5.75 Å². The number of hydrogen-bond acceptors (Lipinski definition) is 6. The summed E-state index contributed by atoms with van der Waals surface area (Å²) in [5.74, 6) is 1.04. The zero-order valence-electron chi connectivity index (χ0n) is 18.8. The fourth-order valence-corrected chi connectivity index (χ4v) is 3.07. The molecule has 8 nitrogen and oxygen atoms in total. The maximum atomic E-state index is 12.8. The maximum absolute atomic E-state index is 12.8. The topological polar surface area (TPSA) is 87.0 Å². The molecule has 2 aromatic carbocycles. The molecule has 8 heteroatoms. The SMILES string of the molecule is CCOc1cc(C(=O)N/N=C(/C)c2ccc(-n3ccnc3)cc2)cc(OCC)c1OCC. The van der Waals surface area contributed by atoms with Crippen molar-refractivity contribution in [3.05, 3.63) is 66.2 Å². The second kappa shape index (κ2) is 11.0. The predicted molar refractivity (Wildman–Crippen MR) is 123 cm³/mol. The van der Waals surface area contributed by atoms with Crippen LogP contribution in [0.25, 0.3) is 5.69 Å². The second-order valence-electron chi connectivity index (χ2n) is 6.76. The van der Waals surface area contributed by atoms with Crippen LogP contribution in [-0.4, -0.2) is 41.0 Å². The lowest BCUT2D eigenvalue weighted by atomic mass is 10.1. The van der Waals surface area contributed by atoms with Gasteiger partial charge in [0.1, 0.15) is 0 Å². The Morgan fingerprint density at radius 3 is 2.12 bits per heavy atom. The molecule has 0 saturated carbocycles. The molecule has 0 aliphatic rings. The first-order chi connectivity index (χ1) is 15.6. The Morgan fingerprint density at radius 1 is 0.969 bits per heavy atom. The normalized spacial score (nSPS) is 11.2. The molecule has 0 bridgehead atoms. The van der Waals surface area contributed by atoms with Gasteiger partial charge in [-0.1, -0.05) is 12.1 Å². The Morgan fingerprint density at radius 2 is 1.59 bits per heavy atom. The third-order valence-corrected chi connectivity index (χ3v) is 4.58. The molecule has 3 aromatic rings. The zero-order valence-corrected chi connectivity index (χ0v) is 18.8. The highest BCUT2D eigenvalue weighted by Crippen LogP contribution is 2.39. The van der Waals surface area contributed by atoms with Crippen LogP contribution >= 0.6 is 0 Å². The minimum atomic E-state index is -0.371. The number of imidazole rings is 1. The number of carbonyl (C=O) groups is 1. The Labute approximate surface area is 187 Å². The molecular weight excluding hydrogens is 408 g/mol. The van der Waals surface area contributed by atoms with E-state index in [9.17, 15) is 4.79 Å². The predicted octanol–water partition coefficient (Wildman–Crippen LogP) is 4.22. The van der Waals surface area contributed by atoms with Crippen molar-refractivity contribution in [2.45, 2.75) is 27.7 Å². The number of aromatic nitrogens is 2. The van der Waals surface area contributed by atoms with Gasteiger partial charge in [-0.2, -0.15) is 5.10 Å². The van der Waals surface area contributed by atoms with Crippen LogP contribution in [0.4, 0.5) is 0 Å². The van der Waals surface area contributed by atoms with Gasteiger partial charge in [-0.15, -0.1) is 0 Å². The number of carbonyl (C=O) groups excluding carboxylic acids is 1. The molecule has 1 amide bonds. The summed E-state index contributed by atoms with van der Waals surface area (Å²) >= 11 is 0. The third kappa shape index (κ3) is 5.46. The molecule has 3 rings (SSSR count). The molecule has 0 radical (unpaired) electrons. The molecule has 0 spiro atoms. The van der Waals surface area contributed by atoms with Gasteiger partial charge in [-0.3, -0.25) is 4.79 Å². The lowest BCUT2D eigenvalue weighted by Gasteiger charge is -2.16. The van der Waals surface area contributed by atoms with E-state index in [1.54, 1.807) is 24.7 Å². The second-order valence-corrected chi connectivity index (χ2v) is 6.76. The summed E-state index contributed by atoms with van der Waals surface area (Å²) in [6.07, 6.45) is 5.34. The van der Waals surface area contributed by atoms with Gasteiger partial charge in [0.25, 0.3) is 5.91 Å². The number of ether oxygens (including phenoxy) is 3. The van der Waals surface area contributed by atoms with E-state index in [1.807, 2.05) is 62.7 Å².